The number of benzene rings is 1. The van der Waals surface area contributed by atoms with Crippen LogP contribution in [0.4, 0.5) is 0 Å². The highest BCUT2D eigenvalue weighted by atomic mass is 35.5. The fourth-order valence-electron chi connectivity index (χ4n) is 1.58. The Labute approximate surface area is 96.8 Å². The van der Waals surface area contributed by atoms with Crippen LogP contribution in [0.2, 0.25) is 5.02 Å². The normalized spacial score (nSPS) is 10.4. The molecule has 0 spiro atoms. The third-order valence-corrected chi connectivity index (χ3v) is 2.72. The Morgan fingerprint density at radius 1 is 1.25 bits per heavy atom. The number of halogens is 1. The van der Waals surface area contributed by atoms with Crippen molar-refractivity contribution >= 4 is 22.5 Å². The first-order valence-electron chi connectivity index (χ1n) is 4.61. The maximum atomic E-state index is 11.7. The van der Waals surface area contributed by atoms with E-state index in [0.29, 0.717) is 27.4 Å². The number of methoxy groups -OCH3 is 2. The number of fused-ring (bicyclic) bond motifs is 1. The second-order valence-electron chi connectivity index (χ2n) is 3.19. The van der Waals surface area contributed by atoms with E-state index in [1.807, 2.05) is 0 Å². The van der Waals surface area contributed by atoms with Gasteiger partial charge in [0.15, 0.2) is 5.43 Å². The molecule has 0 fully saturated rings. The van der Waals surface area contributed by atoms with E-state index in [9.17, 15) is 4.79 Å². The van der Waals surface area contributed by atoms with Gasteiger partial charge in [-0.15, -0.1) is 0 Å². The number of hydrogen-bond donors (Lipinski definition) is 1. The zero-order valence-electron chi connectivity index (χ0n) is 8.83. The molecular weight excluding hydrogens is 230 g/mol. The zero-order valence-corrected chi connectivity index (χ0v) is 9.59. The van der Waals surface area contributed by atoms with Crippen LogP contribution >= 0.6 is 11.6 Å². The molecule has 2 rings (SSSR count). The van der Waals surface area contributed by atoms with Gasteiger partial charge in [-0.25, -0.2) is 0 Å². The summed E-state index contributed by atoms with van der Waals surface area (Å²) in [4.78, 5) is 14.7. The van der Waals surface area contributed by atoms with E-state index in [1.54, 1.807) is 12.3 Å². The van der Waals surface area contributed by atoms with Crippen molar-refractivity contribution in [3.63, 3.8) is 0 Å². The summed E-state index contributed by atoms with van der Waals surface area (Å²) in [5, 5.41) is 0.667. The molecule has 5 heteroatoms. The predicted octanol–water partition coefficient (Wildman–Crippen LogP) is 2.20. The van der Waals surface area contributed by atoms with Crippen molar-refractivity contribution < 1.29 is 9.47 Å². The molecule has 0 aliphatic rings. The van der Waals surface area contributed by atoms with Gasteiger partial charge in [0.1, 0.15) is 11.5 Å². The third-order valence-electron chi connectivity index (χ3n) is 2.34. The molecular formula is C11H10ClNO3. The van der Waals surface area contributed by atoms with Crippen LogP contribution in [0.3, 0.4) is 0 Å². The van der Waals surface area contributed by atoms with Crippen molar-refractivity contribution in [3.8, 4) is 11.5 Å². The highest BCUT2D eigenvalue weighted by Crippen LogP contribution is 2.36. The Kier molecular flexibility index (Phi) is 2.75. The molecule has 84 valence electrons. The van der Waals surface area contributed by atoms with Gasteiger partial charge in [-0.2, -0.15) is 0 Å². The van der Waals surface area contributed by atoms with Gasteiger partial charge in [0.2, 0.25) is 0 Å². The number of rotatable bonds is 2. The van der Waals surface area contributed by atoms with Crippen LogP contribution in [0, 0.1) is 0 Å². The van der Waals surface area contributed by atoms with Crippen molar-refractivity contribution in [2.45, 2.75) is 0 Å². The monoisotopic (exact) mass is 239 g/mol. The van der Waals surface area contributed by atoms with Crippen LogP contribution in [-0.2, 0) is 0 Å². The number of pyridine rings is 1. The largest absolute Gasteiger partial charge is 0.495 e. The lowest BCUT2D eigenvalue weighted by Crippen LogP contribution is -2.03. The first kappa shape index (κ1) is 10.8. The Balaban J connectivity index is 2.97. The lowest BCUT2D eigenvalue weighted by molar-refractivity contribution is 0.397. The van der Waals surface area contributed by atoms with Gasteiger partial charge in [0, 0.05) is 18.3 Å². The molecule has 2 aromatic rings. The number of nitrogens with one attached hydrogen (secondary N) is 1. The van der Waals surface area contributed by atoms with E-state index in [1.165, 1.54) is 20.3 Å². The van der Waals surface area contributed by atoms with E-state index in [2.05, 4.69) is 4.98 Å². The molecule has 0 saturated heterocycles. The standard InChI is InChI=1S/C11H10ClNO3/c1-15-7-5-8(16-2)11-9(10(7)12)6(14)3-4-13-11/h3-5H,1-2H3,(H,13,14). The first-order valence-corrected chi connectivity index (χ1v) is 4.98. The lowest BCUT2D eigenvalue weighted by Gasteiger charge is -2.10. The molecule has 16 heavy (non-hydrogen) atoms. The minimum atomic E-state index is -0.170. The van der Waals surface area contributed by atoms with E-state index in [-0.39, 0.29) is 5.43 Å². The van der Waals surface area contributed by atoms with Crippen molar-refractivity contribution in [1.82, 2.24) is 4.98 Å². The number of ether oxygens (including phenoxy) is 2. The highest BCUT2D eigenvalue weighted by Gasteiger charge is 2.14. The molecule has 0 aliphatic carbocycles. The summed E-state index contributed by atoms with van der Waals surface area (Å²) in [6.07, 6.45) is 1.55. The molecule has 1 heterocycles. The van der Waals surface area contributed by atoms with E-state index in [0.717, 1.165) is 0 Å². The zero-order chi connectivity index (χ0) is 11.7. The van der Waals surface area contributed by atoms with Gasteiger partial charge < -0.3 is 14.5 Å². The molecule has 1 aromatic carbocycles. The van der Waals surface area contributed by atoms with Crippen LogP contribution in [0.25, 0.3) is 10.9 Å². The fraction of sp³-hybridized carbons (Fsp3) is 0.182. The minimum absolute atomic E-state index is 0.170. The molecule has 0 unspecified atom stereocenters. The van der Waals surface area contributed by atoms with E-state index < -0.39 is 0 Å². The number of hydrogen-bond acceptors (Lipinski definition) is 3. The number of aromatic nitrogens is 1. The summed E-state index contributed by atoms with van der Waals surface area (Å²) in [5.74, 6) is 0.941. The Morgan fingerprint density at radius 3 is 2.56 bits per heavy atom. The van der Waals surface area contributed by atoms with Crippen molar-refractivity contribution in [2.75, 3.05) is 14.2 Å². The summed E-state index contributed by atoms with van der Waals surface area (Å²) in [6.45, 7) is 0. The SMILES string of the molecule is COc1cc(OC)c2[nH]ccc(=O)c2c1Cl. The Morgan fingerprint density at radius 2 is 1.94 bits per heavy atom. The van der Waals surface area contributed by atoms with Gasteiger partial charge >= 0.3 is 0 Å². The molecule has 4 nitrogen and oxygen atoms in total. The average molecular weight is 240 g/mol. The third kappa shape index (κ3) is 1.51. The van der Waals surface area contributed by atoms with Crippen LogP contribution in [0.15, 0.2) is 23.1 Å². The van der Waals surface area contributed by atoms with Crippen molar-refractivity contribution in [2.24, 2.45) is 0 Å². The predicted molar refractivity (Wildman–Crippen MR) is 62.7 cm³/mol. The minimum Gasteiger partial charge on any atom is -0.495 e. The Hall–Kier alpha value is -1.68. The highest BCUT2D eigenvalue weighted by molar-refractivity contribution is 6.37. The first-order chi connectivity index (χ1) is 7.69. The summed E-state index contributed by atoms with van der Waals surface area (Å²) in [5.41, 5.74) is 0.400. The summed E-state index contributed by atoms with van der Waals surface area (Å²) in [7, 11) is 3.01. The summed E-state index contributed by atoms with van der Waals surface area (Å²) < 4.78 is 10.3. The fourth-order valence-corrected chi connectivity index (χ4v) is 1.90. The molecule has 0 atom stereocenters. The second kappa shape index (κ2) is 4.06. The Bertz CT molecular complexity index is 592. The second-order valence-corrected chi connectivity index (χ2v) is 3.56. The topological polar surface area (TPSA) is 51.3 Å². The molecule has 0 saturated carbocycles. The number of aromatic amines is 1. The lowest BCUT2D eigenvalue weighted by atomic mass is 10.2. The molecule has 1 aromatic heterocycles. The van der Waals surface area contributed by atoms with Gasteiger partial charge in [-0.3, -0.25) is 4.79 Å². The van der Waals surface area contributed by atoms with Crippen molar-refractivity contribution in [1.29, 1.82) is 0 Å². The molecule has 0 radical (unpaired) electrons. The molecule has 0 aliphatic heterocycles. The van der Waals surface area contributed by atoms with E-state index in [4.69, 9.17) is 21.1 Å². The van der Waals surface area contributed by atoms with Gasteiger partial charge in [0.25, 0.3) is 0 Å². The van der Waals surface area contributed by atoms with Crippen LogP contribution in [0.5, 0.6) is 11.5 Å². The van der Waals surface area contributed by atoms with Gasteiger partial charge in [0.05, 0.1) is 30.1 Å². The smallest absolute Gasteiger partial charge is 0.191 e. The quantitative estimate of drug-likeness (QED) is 0.874. The van der Waals surface area contributed by atoms with Gasteiger partial charge in [-0.05, 0) is 0 Å². The molecule has 0 amide bonds. The van der Waals surface area contributed by atoms with Crippen LogP contribution in [0.1, 0.15) is 0 Å². The van der Waals surface area contributed by atoms with Crippen molar-refractivity contribution in [3.05, 3.63) is 33.6 Å². The maximum absolute atomic E-state index is 11.7. The summed E-state index contributed by atoms with van der Waals surface area (Å²) in [6, 6.07) is 3.05. The van der Waals surface area contributed by atoms with E-state index >= 15 is 0 Å². The maximum Gasteiger partial charge on any atom is 0.191 e. The number of H-pyrrole nitrogens is 1. The summed E-state index contributed by atoms with van der Waals surface area (Å²) >= 11 is 6.08. The average Bonchev–Trinajstić information content (AvgIpc) is 2.30. The molecule has 0 bridgehead atoms. The van der Waals surface area contributed by atoms with Crippen LogP contribution < -0.4 is 14.9 Å². The molecule has 1 N–H and O–H groups in total. The van der Waals surface area contributed by atoms with Gasteiger partial charge in [-0.1, -0.05) is 11.6 Å². The van der Waals surface area contributed by atoms with Crippen LogP contribution in [-0.4, -0.2) is 19.2 Å².